The first-order valence-corrected chi connectivity index (χ1v) is 7.91. The van der Waals surface area contributed by atoms with Gasteiger partial charge in [0.2, 0.25) is 0 Å². The second-order valence-corrected chi connectivity index (χ2v) is 6.31. The summed E-state index contributed by atoms with van der Waals surface area (Å²) in [6.45, 7) is 6.62. The zero-order chi connectivity index (χ0) is 13.9. The number of benzene rings is 1. The normalized spacial score (nSPS) is 23.4. The molecule has 1 nitrogen and oxygen atoms in total. The SMILES string of the molecule is CCCCC(CC)CC1(O)CCc2ccc(C)cc21. The Bertz CT molecular complexity index is 424. The Morgan fingerprint density at radius 2 is 2.11 bits per heavy atom. The zero-order valence-electron chi connectivity index (χ0n) is 12.7. The van der Waals surface area contributed by atoms with Crippen molar-refractivity contribution in [3.63, 3.8) is 0 Å². The first kappa shape index (κ1) is 14.6. The van der Waals surface area contributed by atoms with Crippen LogP contribution in [0.5, 0.6) is 0 Å². The number of aliphatic hydroxyl groups is 1. The van der Waals surface area contributed by atoms with Gasteiger partial charge in [0, 0.05) is 0 Å². The topological polar surface area (TPSA) is 20.2 Å². The molecule has 1 aromatic rings. The second-order valence-electron chi connectivity index (χ2n) is 6.31. The third-order valence-corrected chi connectivity index (χ3v) is 4.74. The first-order chi connectivity index (χ1) is 9.09. The van der Waals surface area contributed by atoms with E-state index in [1.165, 1.54) is 42.4 Å². The van der Waals surface area contributed by atoms with Gasteiger partial charge in [-0.3, -0.25) is 0 Å². The molecule has 1 N–H and O–H groups in total. The van der Waals surface area contributed by atoms with Crippen LogP contribution in [0.15, 0.2) is 18.2 Å². The fraction of sp³-hybridized carbons (Fsp3) is 0.667. The number of unbranched alkanes of at least 4 members (excludes halogenated alkanes) is 1. The Hall–Kier alpha value is -0.820. The number of fused-ring (bicyclic) bond motifs is 1. The molecule has 0 amide bonds. The third-order valence-electron chi connectivity index (χ3n) is 4.74. The largest absolute Gasteiger partial charge is 0.385 e. The molecule has 1 aliphatic rings. The van der Waals surface area contributed by atoms with Crippen LogP contribution in [0.1, 0.15) is 69.1 Å². The average molecular weight is 260 g/mol. The summed E-state index contributed by atoms with van der Waals surface area (Å²) in [6.07, 6.45) is 7.88. The lowest BCUT2D eigenvalue weighted by atomic mass is 9.82. The van der Waals surface area contributed by atoms with E-state index in [0.717, 1.165) is 19.3 Å². The lowest BCUT2D eigenvalue weighted by Crippen LogP contribution is -2.26. The summed E-state index contributed by atoms with van der Waals surface area (Å²) >= 11 is 0. The van der Waals surface area contributed by atoms with Gasteiger partial charge in [0.25, 0.3) is 0 Å². The minimum absolute atomic E-state index is 0.560. The molecule has 1 aliphatic carbocycles. The summed E-state index contributed by atoms with van der Waals surface area (Å²) in [5, 5.41) is 11.1. The van der Waals surface area contributed by atoms with Gasteiger partial charge in [0.15, 0.2) is 0 Å². The summed E-state index contributed by atoms with van der Waals surface area (Å²) in [6, 6.07) is 6.57. The van der Waals surface area contributed by atoms with Gasteiger partial charge < -0.3 is 5.11 Å². The Morgan fingerprint density at radius 3 is 2.79 bits per heavy atom. The molecule has 1 heteroatoms. The van der Waals surface area contributed by atoms with Crippen LogP contribution in [0.25, 0.3) is 0 Å². The molecule has 0 aliphatic heterocycles. The van der Waals surface area contributed by atoms with Gasteiger partial charge in [-0.15, -0.1) is 0 Å². The summed E-state index contributed by atoms with van der Waals surface area (Å²) < 4.78 is 0. The van der Waals surface area contributed by atoms with Crippen LogP contribution < -0.4 is 0 Å². The van der Waals surface area contributed by atoms with Gasteiger partial charge in [-0.25, -0.2) is 0 Å². The van der Waals surface area contributed by atoms with Crippen LogP contribution in [0.4, 0.5) is 0 Å². The molecule has 0 saturated heterocycles. The lowest BCUT2D eigenvalue weighted by Gasteiger charge is -2.29. The van der Waals surface area contributed by atoms with Crippen LogP contribution in [0.3, 0.4) is 0 Å². The van der Waals surface area contributed by atoms with Crippen molar-refractivity contribution in [3.05, 3.63) is 34.9 Å². The van der Waals surface area contributed by atoms with Crippen molar-refractivity contribution < 1.29 is 5.11 Å². The van der Waals surface area contributed by atoms with Crippen molar-refractivity contribution in [2.24, 2.45) is 5.92 Å². The van der Waals surface area contributed by atoms with Gasteiger partial charge in [-0.2, -0.15) is 0 Å². The minimum atomic E-state index is -0.560. The third kappa shape index (κ3) is 3.20. The standard InChI is InChI=1S/C18H28O/c1-4-6-7-15(5-2)13-18(19)11-10-16-9-8-14(3)12-17(16)18/h8-9,12,15,19H,4-7,10-11,13H2,1-3H3. The highest BCUT2D eigenvalue weighted by Crippen LogP contribution is 2.43. The molecule has 106 valence electrons. The van der Waals surface area contributed by atoms with E-state index in [2.05, 4.69) is 39.0 Å². The van der Waals surface area contributed by atoms with E-state index in [1.807, 2.05) is 0 Å². The minimum Gasteiger partial charge on any atom is -0.385 e. The Kier molecular flexibility index (Phi) is 4.67. The van der Waals surface area contributed by atoms with Crippen molar-refractivity contribution in [2.45, 2.75) is 71.3 Å². The molecular formula is C18H28O. The molecule has 0 aromatic heterocycles. The Labute approximate surface area is 118 Å². The van der Waals surface area contributed by atoms with E-state index < -0.39 is 5.60 Å². The maximum absolute atomic E-state index is 11.1. The molecule has 1 aromatic carbocycles. The van der Waals surface area contributed by atoms with Crippen LogP contribution in [0.2, 0.25) is 0 Å². The summed E-state index contributed by atoms with van der Waals surface area (Å²) in [5.41, 5.74) is 3.28. The molecule has 0 bridgehead atoms. The highest BCUT2D eigenvalue weighted by atomic mass is 16.3. The number of rotatable bonds is 6. The van der Waals surface area contributed by atoms with Crippen LogP contribution in [-0.4, -0.2) is 5.11 Å². The number of hydrogen-bond donors (Lipinski definition) is 1. The van der Waals surface area contributed by atoms with E-state index in [-0.39, 0.29) is 0 Å². The molecule has 0 radical (unpaired) electrons. The molecule has 0 fully saturated rings. The fourth-order valence-corrected chi connectivity index (χ4v) is 3.45. The smallest absolute Gasteiger partial charge is 0.0905 e. The quantitative estimate of drug-likeness (QED) is 0.783. The van der Waals surface area contributed by atoms with Gasteiger partial charge in [0.05, 0.1) is 5.60 Å². The van der Waals surface area contributed by atoms with E-state index in [9.17, 15) is 5.11 Å². The second kappa shape index (κ2) is 6.09. The molecule has 2 unspecified atom stereocenters. The van der Waals surface area contributed by atoms with E-state index in [1.54, 1.807) is 0 Å². The van der Waals surface area contributed by atoms with E-state index >= 15 is 0 Å². The highest BCUT2D eigenvalue weighted by molar-refractivity contribution is 5.40. The molecule has 19 heavy (non-hydrogen) atoms. The van der Waals surface area contributed by atoms with Gasteiger partial charge >= 0.3 is 0 Å². The van der Waals surface area contributed by atoms with Crippen molar-refractivity contribution in [1.29, 1.82) is 0 Å². The molecule has 2 atom stereocenters. The highest BCUT2D eigenvalue weighted by Gasteiger charge is 2.37. The molecule has 0 saturated carbocycles. The summed E-state index contributed by atoms with van der Waals surface area (Å²) in [7, 11) is 0. The van der Waals surface area contributed by atoms with Crippen molar-refractivity contribution in [2.75, 3.05) is 0 Å². The van der Waals surface area contributed by atoms with Gasteiger partial charge in [-0.1, -0.05) is 63.3 Å². The average Bonchev–Trinajstić information content (AvgIpc) is 2.72. The van der Waals surface area contributed by atoms with Crippen molar-refractivity contribution in [1.82, 2.24) is 0 Å². The molecule has 2 rings (SSSR count). The maximum Gasteiger partial charge on any atom is 0.0905 e. The molecular weight excluding hydrogens is 232 g/mol. The predicted octanol–water partition coefficient (Wildman–Crippen LogP) is 4.74. The number of aryl methyl sites for hydroxylation is 2. The predicted molar refractivity (Wildman–Crippen MR) is 81.3 cm³/mol. The zero-order valence-corrected chi connectivity index (χ0v) is 12.7. The molecule has 0 spiro atoms. The summed E-state index contributed by atoms with van der Waals surface area (Å²) in [5.74, 6) is 0.663. The number of hydrogen-bond acceptors (Lipinski definition) is 1. The Balaban J connectivity index is 2.14. The lowest BCUT2D eigenvalue weighted by molar-refractivity contribution is 0.0105. The first-order valence-electron chi connectivity index (χ1n) is 7.91. The summed E-state index contributed by atoms with van der Waals surface area (Å²) in [4.78, 5) is 0. The van der Waals surface area contributed by atoms with Gasteiger partial charge in [0.1, 0.15) is 0 Å². The monoisotopic (exact) mass is 260 g/mol. The molecule has 0 heterocycles. The Morgan fingerprint density at radius 1 is 1.32 bits per heavy atom. The fourth-order valence-electron chi connectivity index (χ4n) is 3.45. The van der Waals surface area contributed by atoms with Crippen molar-refractivity contribution in [3.8, 4) is 0 Å². The van der Waals surface area contributed by atoms with Crippen LogP contribution >= 0.6 is 0 Å². The van der Waals surface area contributed by atoms with Crippen LogP contribution in [-0.2, 0) is 12.0 Å². The maximum atomic E-state index is 11.1. The van der Waals surface area contributed by atoms with Crippen LogP contribution in [0, 0.1) is 12.8 Å². The van der Waals surface area contributed by atoms with E-state index in [0.29, 0.717) is 5.92 Å². The van der Waals surface area contributed by atoms with E-state index in [4.69, 9.17) is 0 Å². The van der Waals surface area contributed by atoms with Gasteiger partial charge in [-0.05, 0) is 43.2 Å². The van der Waals surface area contributed by atoms with Crippen molar-refractivity contribution >= 4 is 0 Å².